The topological polar surface area (TPSA) is 60.1 Å². The fraction of sp³-hybridized carbons (Fsp3) is 0.222. The molecule has 0 radical (unpaired) electrons. The first-order valence-electron chi connectivity index (χ1n) is 7.32. The third-order valence-corrected chi connectivity index (χ3v) is 3.71. The van der Waals surface area contributed by atoms with E-state index in [1.54, 1.807) is 14.2 Å². The van der Waals surface area contributed by atoms with E-state index in [0.29, 0.717) is 24.5 Å². The normalized spacial score (nSPS) is 10.5. The van der Waals surface area contributed by atoms with Gasteiger partial charge in [0, 0.05) is 18.2 Å². The molecule has 2 aromatic carbocycles. The lowest BCUT2D eigenvalue weighted by atomic mass is 10.2. The van der Waals surface area contributed by atoms with Crippen molar-refractivity contribution in [3.8, 4) is 29.0 Å². The van der Waals surface area contributed by atoms with Crippen LogP contribution in [-0.4, -0.2) is 23.8 Å². The SMILES string of the molecule is COc1cc(OC)cc(-c2nc3ccccc3n2CCC#N)c1. The third kappa shape index (κ3) is 2.84. The van der Waals surface area contributed by atoms with E-state index >= 15 is 0 Å². The number of fused-ring (bicyclic) bond motifs is 1. The van der Waals surface area contributed by atoms with E-state index in [1.165, 1.54) is 0 Å². The number of nitriles is 1. The maximum atomic E-state index is 8.94. The van der Waals surface area contributed by atoms with Gasteiger partial charge in [0.05, 0.1) is 37.7 Å². The molecule has 0 N–H and O–H groups in total. The van der Waals surface area contributed by atoms with Crippen LogP contribution in [0.4, 0.5) is 0 Å². The van der Waals surface area contributed by atoms with Crippen molar-refractivity contribution < 1.29 is 9.47 Å². The van der Waals surface area contributed by atoms with Crippen LogP contribution in [0.3, 0.4) is 0 Å². The lowest BCUT2D eigenvalue weighted by Gasteiger charge is -2.10. The molecule has 1 aromatic heterocycles. The molecule has 0 aliphatic heterocycles. The quantitative estimate of drug-likeness (QED) is 0.722. The van der Waals surface area contributed by atoms with Gasteiger partial charge in [-0.1, -0.05) is 12.1 Å². The number of aromatic nitrogens is 2. The highest BCUT2D eigenvalue weighted by Gasteiger charge is 2.14. The Morgan fingerprint density at radius 1 is 1.09 bits per heavy atom. The summed E-state index contributed by atoms with van der Waals surface area (Å²) in [6.07, 6.45) is 0.425. The predicted octanol–water partition coefficient (Wildman–Crippen LogP) is 3.63. The molecular formula is C18H17N3O2. The highest BCUT2D eigenvalue weighted by molar-refractivity contribution is 5.81. The van der Waals surface area contributed by atoms with Gasteiger partial charge in [0.1, 0.15) is 17.3 Å². The molecule has 23 heavy (non-hydrogen) atoms. The van der Waals surface area contributed by atoms with Crippen LogP contribution in [0, 0.1) is 11.3 Å². The first-order valence-corrected chi connectivity index (χ1v) is 7.32. The minimum atomic E-state index is 0.425. The number of methoxy groups -OCH3 is 2. The summed E-state index contributed by atoms with van der Waals surface area (Å²) in [4.78, 5) is 4.73. The molecule has 0 saturated heterocycles. The van der Waals surface area contributed by atoms with Gasteiger partial charge in [-0.3, -0.25) is 0 Å². The molecule has 0 unspecified atom stereocenters. The van der Waals surface area contributed by atoms with Crippen molar-refractivity contribution in [2.45, 2.75) is 13.0 Å². The Morgan fingerprint density at radius 2 is 1.78 bits per heavy atom. The van der Waals surface area contributed by atoms with Crippen LogP contribution in [0.5, 0.6) is 11.5 Å². The Labute approximate surface area is 134 Å². The molecule has 0 bridgehead atoms. The molecule has 0 aliphatic carbocycles. The Balaban J connectivity index is 2.21. The van der Waals surface area contributed by atoms with Gasteiger partial charge < -0.3 is 14.0 Å². The third-order valence-electron chi connectivity index (χ3n) is 3.71. The van der Waals surface area contributed by atoms with Gasteiger partial charge in [-0.05, 0) is 24.3 Å². The molecule has 0 fully saturated rings. The molecule has 0 atom stereocenters. The van der Waals surface area contributed by atoms with Crippen molar-refractivity contribution >= 4 is 11.0 Å². The molecular weight excluding hydrogens is 290 g/mol. The van der Waals surface area contributed by atoms with Crippen LogP contribution in [0.2, 0.25) is 0 Å². The van der Waals surface area contributed by atoms with Gasteiger partial charge in [-0.15, -0.1) is 0 Å². The molecule has 3 aromatic rings. The van der Waals surface area contributed by atoms with Gasteiger partial charge >= 0.3 is 0 Å². The number of ether oxygens (including phenoxy) is 2. The summed E-state index contributed by atoms with van der Waals surface area (Å²) in [6.45, 7) is 0.589. The molecule has 0 amide bonds. The lowest BCUT2D eigenvalue weighted by molar-refractivity contribution is 0.394. The van der Waals surface area contributed by atoms with Crippen molar-refractivity contribution in [2.24, 2.45) is 0 Å². The number of imidazole rings is 1. The van der Waals surface area contributed by atoms with Crippen LogP contribution in [0.25, 0.3) is 22.4 Å². The second-order valence-corrected chi connectivity index (χ2v) is 5.09. The minimum Gasteiger partial charge on any atom is -0.497 e. The summed E-state index contributed by atoms with van der Waals surface area (Å²) in [6, 6.07) is 15.8. The summed E-state index contributed by atoms with van der Waals surface area (Å²) in [5.74, 6) is 2.22. The van der Waals surface area contributed by atoms with Crippen LogP contribution < -0.4 is 9.47 Å². The summed E-state index contributed by atoms with van der Waals surface area (Å²) in [5.41, 5.74) is 2.82. The average molecular weight is 307 g/mol. The fourth-order valence-electron chi connectivity index (χ4n) is 2.62. The second kappa shape index (κ2) is 6.41. The number of aryl methyl sites for hydroxylation is 1. The number of para-hydroxylation sites is 2. The number of nitrogens with zero attached hydrogens (tertiary/aromatic N) is 3. The lowest BCUT2D eigenvalue weighted by Crippen LogP contribution is -2.00. The second-order valence-electron chi connectivity index (χ2n) is 5.09. The van der Waals surface area contributed by atoms with Crippen LogP contribution in [0.1, 0.15) is 6.42 Å². The standard InChI is InChI=1S/C18H17N3O2/c1-22-14-10-13(11-15(12-14)23-2)18-20-16-6-3-4-7-17(16)21(18)9-5-8-19/h3-4,6-7,10-12H,5,9H2,1-2H3. The molecule has 0 aliphatic rings. The number of hydrogen-bond acceptors (Lipinski definition) is 4. The summed E-state index contributed by atoms with van der Waals surface area (Å²) in [7, 11) is 3.24. The van der Waals surface area contributed by atoms with E-state index in [0.717, 1.165) is 22.4 Å². The highest BCUT2D eigenvalue weighted by Crippen LogP contribution is 2.31. The molecule has 5 heteroatoms. The molecule has 5 nitrogen and oxygen atoms in total. The van der Waals surface area contributed by atoms with Gasteiger partial charge in [-0.2, -0.15) is 5.26 Å². The fourth-order valence-corrected chi connectivity index (χ4v) is 2.62. The zero-order valence-electron chi connectivity index (χ0n) is 13.1. The van der Waals surface area contributed by atoms with Crippen molar-refractivity contribution in [3.63, 3.8) is 0 Å². The summed E-state index contributed by atoms with van der Waals surface area (Å²) < 4.78 is 12.8. The summed E-state index contributed by atoms with van der Waals surface area (Å²) in [5, 5.41) is 8.94. The van der Waals surface area contributed by atoms with Crippen LogP contribution in [-0.2, 0) is 6.54 Å². The van der Waals surface area contributed by atoms with E-state index in [9.17, 15) is 0 Å². The zero-order chi connectivity index (χ0) is 16.2. The first kappa shape index (κ1) is 14.9. The van der Waals surface area contributed by atoms with E-state index in [2.05, 4.69) is 10.6 Å². The van der Waals surface area contributed by atoms with Gasteiger partial charge in [0.25, 0.3) is 0 Å². The molecule has 116 valence electrons. The first-order chi connectivity index (χ1) is 11.3. The van der Waals surface area contributed by atoms with E-state index in [1.807, 2.05) is 42.5 Å². The number of hydrogen-bond donors (Lipinski definition) is 0. The maximum Gasteiger partial charge on any atom is 0.141 e. The zero-order valence-corrected chi connectivity index (χ0v) is 13.1. The Bertz CT molecular complexity index is 855. The van der Waals surface area contributed by atoms with Crippen molar-refractivity contribution in [1.29, 1.82) is 5.26 Å². The Morgan fingerprint density at radius 3 is 2.43 bits per heavy atom. The average Bonchev–Trinajstić information content (AvgIpc) is 2.98. The highest BCUT2D eigenvalue weighted by atomic mass is 16.5. The molecule has 0 spiro atoms. The Kier molecular flexibility index (Phi) is 4.15. The molecule has 1 heterocycles. The smallest absolute Gasteiger partial charge is 0.141 e. The maximum absolute atomic E-state index is 8.94. The van der Waals surface area contributed by atoms with Crippen molar-refractivity contribution in [3.05, 3.63) is 42.5 Å². The predicted molar refractivity (Wildman–Crippen MR) is 88.5 cm³/mol. The van der Waals surface area contributed by atoms with Crippen LogP contribution >= 0.6 is 0 Å². The number of benzene rings is 2. The van der Waals surface area contributed by atoms with Crippen LogP contribution in [0.15, 0.2) is 42.5 Å². The van der Waals surface area contributed by atoms with Gasteiger partial charge in [0.15, 0.2) is 0 Å². The summed E-state index contributed by atoms with van der Waals surface area (Å²) >= 11 is 0. The van der Waals surface area contributed by atoms with Gasteiger partial charge in [-0.25, -0.2) is 4.98 Å². The van der Waals surface area contributed by atoms with E-state index in [-0.39, 0.29) is 0 Å². The van der Waals surface area contributed by atoms with Crippen molar-refractivity contribution in [2.75, 3.05) is 14.2 Å². The minimum absolute atomic E-state index is 0.425. The van der Waals surface area contributed by atoms with Gasteiger partial charge in [0.2, 0.25) is 0 Å². The molecule has 0 saturated carbocycles. The number of rotatable bonds is 5. The monoisotopic (exact) mass is 307 g/mol. The van der Waals surface area contributed by atoms with E-state index in [4.69, 9.17) is 19.7 Å². The Hall–Kier alpha value is -3.00. The van der Waals surface area contributed by atoms with E-state index < -0.39 is 0 Å². The molecule has 3 rings (SSSR count). The van der Waals surface area contributed by atoms with Crippen molar-refractivity contribution in [1.82, 2.24) is 9.55 Å². The largest absolute Gasteiger partial charge is 0.497 e.